The average molecular weight is 347 g/mol. The third kappa shape index (κ3) is 3.64. The van der Waals surface area contributed by atoms with Crippen molar-refractivity contribution in [3.8, 4) is 0 Å². The zero-order valence-electron chi connectivity index (χ0n) is 14.2. The van der Waals surface area contributed by atoms with Gasteiger partial charge in [-0.3, -0.25) is 4.21 Å². The minimum absolute atomic E-state index is 0.00157. The predicted molar refractivity (Wildman–Crippen MR) is 99.8 cm³/mol. The number of hydrogen-bond acceptors (Lipinski definition) is 2. The van der Waals surface area contributed by atoms with Crippen LogP contribution in [0.1, 0.15) is 32.6 Å². The Morgan fingerprint density at radius 2 is 2.08 bits per heavy atom. The minimum atomic E-state index is -0.869. The number of anilines is 1. The molecule has 1 heterocycles. The van der Waals surface area contributed by atoms with E-state index < -0.39 is 10.8 Å². The maximum Gasteiger partial charge on any atom is 0.319 e. The molecule has 1 aromatic carbocycles. The maximum absolute atomic E-state index is 12.4. The van der Waals surface area contributed by atoms with Crippen LogP contribution in [0.4, 0.5) is 10.5 Å². The van der Waals surface area contributed by atoms with Gasteiger partial charge in [0.1, 0.15) is 0 Å². The van der Waals surface area contributed by atoms with Crippen molar-refractivity contribution >= 4 is 33.4 Å². The lowest BCUT2D eigenvalue weighted by Gasteiger charge is -2.31. The second kappa shape index (κ2) is 7.38. The Labute approximate surface area is 145 Å². The number of hydrogen-bond donors (Lipinski definition) is 2. The molecule has 1 saturated carbocycles. The first-order valence-electron chi connectivity index (χ1n) is 8.58. The Morgan fingerprint density at radius 1 is 1.29 bits per heavy atom. The minimum Gasteiger partial charge on any atom is -0.350 e. The largest absolute Gasteiger partial charge is 0.350 e. The van der Waals surface area contributed by atoms with E-state index >= 15 is 0 Å². The van der Waals surface area contributed by atoms with Crippen LogP contribution in [-0.2, 0) is 17.8 Å². The molecule has 3 atom stereocenters. The van der Waals surface area contributed by atoms with Crippen molar-refractivity contribution in [1.82, 2.24) is 9.88 Å². The lowest BCUT2D eigenvalue weighted by Crippen LogP contribution is -2.48. The number of aryl methyl sites for hydroxylation is 1. The van der Waals surface area contributed by atoms with E-state index in [1.807, 2.05) is 49.0 Å². The first kappa shape index (κ1) is 17.0. The van der Waals surface area contributed by atoms with Gasteiger partial charge in [0.25, 0.3) is 0 Å². The summed E-state index contributed by atoms with van der Waals surface area (Å²) in [4.78, 5) is 12.4. The zero-order chi connectivity index (χ0) is 17.1. The van der Waals surface area contributed by atoms with E-state index in [0.29, 0.717) is 5.75 Å². The fourth-order valence-corrected chi connectivity index (χ4v) is 4.89. The molecule has 3 rings (SSSR count). The van der Waals surface area contributed by atoms with Gasteiger partial charge in [-0.15, -0.1) is 0 Å². The van der Waals surface area contributed by atoms with Crippen LogP contribution in [0.15, 0.2) is 30.5 Å². The lowest BCUT2D eigenvalue weighted by atomic mass is 9.95. The second-order valence-electron chi connectivity index (χ2n) is 6.40. The molecule has 0 radical (unpaired) electrons. The Kier molecular flexibility index (Phi) is 5.23. The topological polar surface area (TPSA) is 63.1 Å². The van der Waals surface area contributed by atoms with Crippen LogP contribution in [-0.4, -0.2) is 31.9 Å². The molecule has 3 unspecified atom stereocenters. The SMILES string of the molecule is CCS(=O)C1CCCCC1NC(=O)Nc1ccc2ccn(C)c2c1. The Bertz CT molecular complexity index is 756. The summed E-state index contributed by atoms with van der Waals surface area (Å²) in [6, 6.07) is 7.71. The van der Waals surface area contributed by atoms with E-state index in [4.69, 9.17) is 0 Å². The molecule has 130 valence electrons. The summed E-state index contributed by atoms with van der Waals surface area (Å²) >= 11 is 0. The molecular formula is C18H25N3O2S. The van der Waals surface area contributed by atoms with Gasteiger partial charge in [0.15, 0.2) is 0 Å². The van der Waals surface area contributed by atoms with Crippen LogP contribution in [0, 0.1) is 0 Å². The highest BCUT2D eigenvalue weighted by atomic mass is 32.2. The molecule has 2 aromatic rings. The predicted octanol–water partition coefficient (Wildman–Crippen LogP) is 3.38. The van der Waals surface area contributed by atoms with Crippen molar-refractivity contribution < 1.29 is 9.00 Å². The quantitative estimate of drug-likeness (QED) is 0.890. The highest BCUT2D eigenvalue weighted by molar-refractivity contribution is 7.85. The number of carbonyl (C=O) groups is 1. The summed E-state index contributed by atoms with van der Waals surface area (Å²) in [5.41, 5.74) is 1.85. The monoisotopic (exact) mass is 347 g/mol. The molecular weight excluding hydrogens is 322 g/mol. The average Bonchev–Trinajstić information content (AvgIpc) is 2.95. The molecule has 1 aliphatic carbocycles. The number of benzene rings is 1. The number of carbonyl (C=O) groups excluding carboxylic acids is 1. The first-order chi connectivity index (χ1) is 11.6. The number of rotatable bonds is 4. The standard InChI is InChI=1S/C18H25N3O2S/c1-3-24(23)17-7-5-4-6-15(17)20-18(22)19-14-9-8-13-10-11-21(2)16(13)12-14/h8-12,15,17H,3-7H2,1-2H3,(H2,19,20,22). The number of nitrogens with zero attached hydrogens (tertiary/aromatic N) is 1. The fourth-order valence-electron chi connectivity index (χ4n) is 3.47. The third-order valence-corrected chi connectivity index (χ3v) is 6.60. The van der Waals surface area contributed by atoms with E-state index in [2.05, 4.69) is 10.6 Å². The Hall–Kier alpha value is -1.82. The highest BCUT2D eigenvalue weighted by Crippen LogP contribution is 2.24. The molecule has 1 aliphatic rings. The van der Waals surface area contributed by atoms with E-state index in [1.165, 1.54) is 0 Å². The Balaban J connectivity index is 1.67. The van der Waals surface area contributed by atoms with Gasteiger partial charge in [-0.2, -0.15) is 0 Å². The van der Waals surface area contributed by atoms with Crippen molar-refractivity contribution in [2.24, 2.45) is 7.05 Å². The summed E-state index contributed by atoms with van der Waals surface area (Å²) in [7, 11) is 1.12. The zero-order valence-corrected chi connectivity index (χ0v) is 15.1. The number of fused-ring (bicyclic) bond motifs is 1. The first-order valence-corrected chi connectivity index (χ1v) is 9.96. The van der Waals surface area contributed by atoms with Crippen LogP contribution >= 0.6 is 0 Å². The molecule has 6 heteroatoms. The molecule has 24 heavy (non-hydrogen) atoms. The van der Waals surface area contributed by atoms with Crippen LogP contribution < -0.4 is 10.6 Å². The van der Waals surface area contributed by atoms with Crippen molar-refractivity contribution in [2.45, 2.75) is 43.9 Å². The molecule has 1 aromatic heterocycles. The van der Waals surface area contributed by atoms with Gasteiger partial charge in [0.2, 0.25) is 0 Å². The number of nitrogens with one attached hydrogen (secondary N) is 2. The lowest BCUT2D eigenvalue weighted by molar-refractivity contribution is 0.244. The van der Waals surface area contributed by atoms with Crippen LogP contribution in [0.2, 0.25) is 0 Å². The van der Waals surface area contributed by atoms with Crippen molar-refractivity contribution in [3.63, 3.8) is 0 Å². The Morgan fingerprint density at radius 3 is 2.88 bits per heavy atom. The van der Waals surface area contributed by atoms with Crippen molar-refractivity contribution in [1.29, 1.82) is 0 Å². The summed E-state index contributed by atoms with van der Waals surface area (Å²) in [6.07, 6.45) is 6.01. The number of amides is 2. The summed E-state index contributed by atoms with van der Waals surface area (Å²) in [5.74, 6) is 0.647. The molecule has 0 bridgehead atoms. The summed E-state index contributed by atoms with van der Waals surface area (Å²) < 4.78 is 14.2. The highest BCUT2D eigenvalue weighted by Gasteiger charge is 2.30. The number of urea groups is 1. The van der Waals surface area contributed by atoms with E-state index in [1.54, 1.807) is 0 Å². The maximum atomic E-state index is 12.4. The molecule has 1 fully saturated rings. The van der Waals surface area contributed by atoms with Gasteiger partial charge in [-0.25, -0.2) is 4.79 Å². The molecule has 0 aliphatic heterocycles. The molecule has 0 spiro atoms. The third-order valence-electron chi connectivity index (χ3n) is 4.79. The smallest absolute Gasteiger partial charge is 0.319 e. The van der Waals surface area contributed by atoms with Gasteiger partial charge in [0.05, 0.1) is 5.25 Å². The van der Waals surface area contributed by atoms with E-state index in [0.717, 1.165) is 42.3 Å². The molecule has 2 amide bonds. The van der Waals surface area contributed by atoms with Gasteiger partial charge in [-0.05, 0) is 36.4 Å². The van der Waals surface area contributed by atoms with E-state index in [9.17, 15) is 9.00 Å². The molecule has 5 nitrogen and oxygen atoms in total. The van der Waals surface area contributed by atoms with Gasteiger partial charge in [0, 0.05) is 47.0 Å². The van der Waals surface area contributed by atoms with Gasteiger partial charge < -0.3 is 15.2 Å². The normalized spacial score (nSPS) is 22.2. The fraction of sp³-hybridized carbons (Fsp3) is 0.500. The van der Waals surface area contributed by atoms with Crippen LogP contribution in [0.25, 0.3) is 10.9 Å². The number of aromatic nitrogens is 1. The van der Waals surface area contributed by atoms with Crippen molar-refractivity contribution in [2.75, 3.05) is 11.1 Å². The molecule has 0 saturated heterocycles. The van der Waals surface area contributed by atoms with Gasteiger partial charge in [-0.1, -0.05) is 25.8 Å². The second-order valence-corrected chi connectivity index (χ2v) is 8.34. The summed E-state index contributed by atoms with van der Waals surface area (Å²) in [6.45, 7) is 1.94. The van der Waals surface area contributed by atoms with Crippen LogP contribution in [0.5, 0.6) is 0 Å². The van der Waals surface area contributed by atoms with Gasteiger partial charge >= 0.3 is 6.03 Å². The summed E-state index contributed by atoms with van der Waals surface area (Å²) in [5, 5.41) is 7.17. The molecule has 2 N–H and O–H groups in total. The van der Waals surface area contributed by atoms with E-state index in [-0.39, 0.29) is 17.3 Å². The van der Waals surface area contributed by atoms with Crippen LogP contribution in [0.3, 0.4) is 0 Å². The van der Waals surface area contributed by atoms with Crippen molar-refractivity contribution in [3.05, 3.63) is 30.5 Å².